The largest absolute Gasteiger partial charge is 0.492 e. The molecule has 0 aliphatic heterocycles. The van der Waals surface area contributed by atoms with E-state index >= 15 is 0 Å². The van der Waals surface area contributed by atoms with Crippen LogP contribution in [0.3, 0.4) is 0 Å². The number of aromatic nitrogens is 2. The Labute approximate surface area is 90.3 Å². The summed E-state index contributed by atoms with van der Waals surface area (Å²) < 4.78 is 1.90. The summed E-state index contributed by atoms with van der Waals surface area (Å²) in [4.78, 5) is 4.81. The molecule has 0 amide bonds. The molecule has 4 heteroatoms. The molecule has 3 rings (SSSR count). The highest BCUT2D eigenvalue weighted by molar-refractivity contribution is 7.15. The molecule has 74 valence electrons. The Balaban J connectivity index is 2.27. The molecule has 0 saturated carbocycles. The van der Waals surface area contributed by atoms with Crippen molar-refractivity contribution in [2.45, 2.75) is 0 Å². The zero-order valence-electron chi connectivity index (χ0n) is 7.79. The van der Waals surface area contributed by atoms with Crippen molar-refractivity contribution in [3.8, 4) is 17.1 Å². The summed E-state index contributed by atoms with van der Waals surface area (Å²) in [5, 5.41) is 11.3. The molecule has 3 nitrogen and oxygen atoms in total. The Kier molecular flexibility index (Phi) is 1.76. The van der Waals surface area contributed by atoms with E-state index in [-0.39, 0.29) is 5.88 Å². The molecule has 0 radical (unpaired) electrons. The lowest BCUT2D eigenvalue weighted by Crippen LogP contribution is -1.82. The summed E-state index contributed by atoms with van der Waals surface area (Å²) in [6, 6.07) is 10.1. The normalized spacial score (nSPS) is 10.9. The first-order valence-electron chi connectivity index (χ1n) is 4.55. The molecule has 15 heavy (non-hydrogen) atoms. The van der Waals surface area contributed by atoms with Gasteiger partial charge in [0.15, 0.2) is 4.96 Å². The summed E-state index contributed by atoms with van der Waals surface area (Å²) in [6.07, 6.45) is 1.63. The summed E-state index contributed by atoms with van der Waals surface area (Å²) in [5.41, 5.74) is 2.18. The maximum atomic E-state index is 9.29. The van der Waals surface area contributed by atoms with Gasteiger partial charge in [-0.15, -0.1) is 11.3 Å². The van der Waals surface area contributed by atoms with E-state index in [0.29, 0.717) is 0 Å². The molecular formula is C11H8N2OS. The van der Waals surface area contributed by atoms with E-state index in [1.807, 2.05) is 40.1 Å². The highest BCUT2D eigenvalue weighted by Crippen LogP contribution is 2.27. The molecule has 1 aromatic carbocycles. The lowest BCUT2D eigenvalue weighted by Gasteiger charge is -1.97. The minimum absolute atomic E-state index is 0.0685. The highest BCUT2D eigenvalue weighted by Gasteiger charge is 2.08. The summed E-state index contributed by atoms with van der Waals surface area (Å²) in [7, 11) is 0. The maximum Gasteiger partial charge on any atom is 0.230 e. The van der Waals surface area contributed by atoms with Crippen LogP contribution in [0.15, 0.2) is 41.9 Å². The van der Waals surface area contributed by atoms with E-state index in [1.165, 1.54) is 11.3 Å². The van der Waals surface area contributed by atoms with Crippen LogP contribution in [0, 0.1) is 0 Å². The van der Waals surface area contributed by atoms with Crippen LogP contribution in [0.1, 0.15) is 0 Å². The van der Waals surface area contributed by atoms with Gasteiger partial charge in [-0.2, -0.15) is 4.98 Å². The van der Waals surface area contributed by atoms with Gasteiger partial charge in [0.1, 0.15) is 0 Å². The van der Waals surface area contributed by atoms with Crippen molar-refractivity contribution >= 4 is 16.3 Å². The van der Waals surface area contributed by atoms with Gasteiger partial charge in [-0.25, -0.2) is 0 Å². The Hall–Kier alpha value is -1.81. The van der Waals surface area contributed by atoms with Crippen LogP contribution >= 0.6 is 11.3 Å². The van der Waals surface area contributed by atoms with Crippen molar-refractivity contribution in [3.05, 3.63) is 41.9 Å². The van der Waals surface area contributed by atoms with E-state index in [1.54, 1.807) is 6.20 Å². The van der Waals surface area contributed by atoms with Crippen molar-refractivity contribution < 1.29 is 5.11 Å². The van der Waals surface area contributed by atoms with Gasteiger partial charge in [0.05, 0.1) is 11.9 Å². The first-order valence-corrected chi connectivity index (χ1v) is 5.43. The minimum atomic E-state index is 0.0685. The molecule has 0 aliphatic carbocycles. The van der Waals surface area contributed by atoms with Gasteiger partial charge in [-0.1, -0.05) is 30.3 Å². The Bertz CT molecular complexity index is 597. The lowest BCUT2D eigenvalue weighted by molar-refractivity contribution is 0.457. The van der Waals surface area contributed by atoms with Crippen LogP contribution in [-0.4, -0.2) is 14.5 Å². The van der Waals surface area contributed by atoms with Gasteiger partial charge in [0.25, 0.3) is 0 Å². The van der Waals surface area contributed by atoms with Crippen molar-refractivity contribution in [2.75, 3.05) is 0 Å². The van der Waals surface area contributed by atoms with E-state index in [2.05, 4.69) is 4.98 Å². The Morgan fingerprint density at radius 1 is 1.20 bits per heavy atom. The van der Waals surface area contributed by atoms with Crippen LogP contribution in [-0.2, 0) is 0 Å². The summed E-state index contributed by atoms with van der Waals surface area (Å²) in [6.45, 7) is 0. The average Bonchev–Trinajstić information content (AvgIpc) is 2.77. The van der Waals surface area contributed by atoms with Gasteiger partial charge in [0, 0.05) is 5.38 Å². The number of nitrogens with zero attached hydrogens (tertiary/aromatic N) is 2. The molecule has 2 aromatic heterocycles. The third-order valence-corrected chi connectivity index (χ3v) is 3.11. The number of rotatable bonds is 1. The molecule has 1 N–H and O–H groups in total. The molecule has 0 unspecified atom stereocenters. The van der Waals surface area contributed by atoms with Gasteiger partial charge in [-0.3, -0.25) is 4.40 Å². The van der Waals surface area contributed by atoms with Crippen molar-refractivity contribution in [2.24, 2.45) is 0 Å². The van der Waals surface area contributed by atoms with Crippen molar-refractivity contribution in [1.82, 2.24) is 9.38 Å². The number of imidazole rings is 1. The molecular weight excluding hydrogens is 208 g/mol. The fourth-order valence-electron chi connectivity index (χ4n) is 1.59. The zero-order chi connectivity index (χ0) is 10.3. The fraction of sp³-hybridized carbons (Fsp3) is 0. The molecule has 0 spiro atoms. The quantitative estimate of drug-likeness (QED) is 0.679. The van der Waals surface area contributed by atoms with E-state index in [9.17, 15) is 5.11 Å². The number of benzene rings is 1. The van der Waals surface area contributed by atoms with Crippen LogP contribution < -0.4 is 0 Å². The SMILES string of the molecule is Oc1cn2c(-c3ccccc3)csc2n1. The predicted octanol–water partition coefficient (Wildman–Crippen LogP) is 2.77. The molecule has 0 saturated heterocycles. The van der Waals surface area contributed by atoms with Gasteiger partial charge in [0.2, 0.25) is 5.88 Å². The third-order valence-electron chi connectivity index (χ3n) is 2.27. The zero-order valence-corrected chi connectivity index (χ0v) is 8.61. The molecule has 2 heterocycles. The van der Waals surface area contributed by atoms with Crippen LogP contribution in [0.25, 0.3) is 16.2 Å². The molecule has 3 aromatic rings. The van der Waals surface area contributed by atoms with Crippen molar-refractivity contribution in [1.29, 1.82) is 0 Å². The fourth-order valence-corrected chi connectivity index (χ4v) is 2.47. The maximum absolute atomic E-state index is 9.29. The number of hydrogen-bond acceptors (Lipinski definition) is 3. The Morgan fingerprint density at radius 2 is 2.00 bits per heavy atom. The smallest absolute Gasteiger partial charge is 0.230 e. The molecule has 0 bridgehead atoms. The second-order valence-electron chi connectivity index (χ2n) is 3.24. The molecule has 0 aliphatic rings. The minimum Gasteiger partial charge on any atom is -0.492 e. The van der Waals surface area contributed by atoms with Crippen LogP contribution in [0.4, 0.5) is 0 Å². The molecule has 0 fully saturated rings. The number of aromatic hydroxyl groups is 1. The van der Waals surface area contributed by atoms with Crippen molar-refractivity contribution in [3.63, 3.8) is 0 Å². The highest BCUT2D eigenvalue weighted by atomic mass is 32.1. The van der Waals surface area contributed by atoms with E-state index < -0.39 is 0 Å². The number of fused-ring (bicyclic) bond motifs is 1. The number of thiazole rings is 1. The topological polar surface area (TPSA) is 37.5 Å². The number of hydrogen-bond donors (Lipinski definition) is 1. The second-order valence-corrected chi connectivity index (χ2v) is 4.08. The summed E-state index contributed by atoms with van der Waals surface area (Å²) >= 11 is 1.52. The van der Waals surface area contributed by atoms with Gasteiger partial charge >= 0.3 is 0 Å². The average molecular weight is 216 g/mol. The monoisotopic (exact) mass is 216 g/mol. The third kappa shape index (κ3) is 1.30. The first kappa shape index (κ1) is 8.49. The Morgan fingerprint density at radius 3 is 2.80 bits per heavy atom. The van der Waals surface area contributed by atoms with Crippen LogP contribution in [0.2, 0.25) is 0 Å². The standard InChI is InChI=1S/C11H8N2OS/c14-10-6-13-9(7-15-11(13)12-10)8-4-2-1-3-5-8/h1-7,14H. The van der Waals surface area contributed by atoms with Gasteiger partial charge < -0.3 is 5.11 Å². The second kappa shape index (κ2) is 3.10. The predicted molar refractivity (Wildman–Crippen MR) is 60.2 cm³/mol. The van der Waals surface area contributed by atoms with E-state index in [0.717, 1.165) is 16.2 Å². The molecule has 0 atom stereocenters. The van der Waals surface area contributed by atoms with Gasteiger partial charge in [-0.05, 0) is 5.56 Å². The summed E-state index contributed by atoms with van der Waals surface area (Å²) in [5.74, 6) is 0.0685. The van der Waals surface area contributed by atoms with Crippen LogP contribution in [0.5, 0.6) is 5.88 Å². The van der Waals surface area contributed by atoms with E-state index in [4.69, 9.17) is 0 Å². The first-order chi connectivity index (χ1) is 7.34. The lowest BCUT2D eigenvalue weighted by atomic mass is 10.2.